The van der Waals surface area contributed by atoms with Crippen molar-refractivity contribution in [2.45, 2.75) is 41.0 Å². The highest BCUT2D eigenvalue weighted by Gasteiger charge is 2.27. The van der Waals surface area contributed by atoms with E-state index in [-0.39, 0.29) is 5.91 Å². The molecule has 0 aliphatic carbocycles. The Morgan fingerprint density at radius 3 is 2.62 bits per heavy atom. The maximum Gasteiger partial charge on any atom is 0.260 e. The summed E-state index contributed by atoms with van der Waals surface area (Å²) in [4.78, 5) is 17.8. The highest BCUT2D eigenvalue weighted by atomic mass is 16.4. The molecule has 0 saturated carbocycles. The second-order valence-electron chi connectivity index (χ2n) is 8.06. The summed E-state index contributed by atoms with van der Waals surface area (Å²) in [6, 6.07) is 7.71. The van der Waals surface area contributed by atoms with Crippen LogP contribution in [-0.2, 0) is 4.79 Å². The lowest BCUT2D eigenvalue weighted by atomic mass is 10.1. The van der Waals surface area contributed by atoms with Crippen LogP contribution in [0.2, 0.25) is 0 Å². The first-order chi connectivity index (χ1) is 15.3. The summed E-state index contributed by atoms with van der Waals surface area (Å²) in [7, 11) is 2.04. The number of nitrogens with one attached hydrogen (secondary N) is 1. The van der Waals surface area contributed by atoms with Crippen molar-refractivity contribution in [3.05, 3.63) is 64.8 Å². The van der Waals surface area contributed by atoms with E-state index in [1.165, 1.54) is 0 Å². The molecule has 1 aromatic heterocycles. The van der Waals surface area contributed by atoms with Crippen molar-refractivity contribution < 1.29 is 9.21 Å². The topological polar surface area (TPSA) is 74.5 Å². The molecule has 1 aromatic carbocycles. The Morgan fingerprint density at radius 1 is 1.19 bits per heavy atom. The Morgan fingerprint density at radius 2 is 1.97 bits per heavy atom. The minimum atomic E-state index is -0.0171. The molecule has 3 rings (SSSR count). The summed E-state index contributed by atoms with van der Waals surface area (Å²) in [5, 5.41) is 11.4. The molecule has 0 fully saturated rings. The Labute approximate surface area is 190 Å². The smallest absolute Gasteiger partial charge is 0.260 e. The second-order valence-corrected chi connectivity index (χ2v) is 8.06. The van der Waals surface area contributed by atoms with Crippen LogP contribution in [0, 0.1) is 6.92 Å². The Kier molecular flexibility index (Phi) is 7.51. The first kappa shape index (κ1) is 23.3. The molecular formula is C25H33N5O2. The fraction of sp³-hybridized carbons (Fsp3) is 0.400. The third-order valence-corrected chi connectivity index (χ3v) is 5.51. The monoisotopic (exact) mass is 435 g/mol. The van der Waals surface area contributed by atoms with Gasteiger partial charge in [-0.2, -0.15) is 0 Å². The molecule has 170 valence electrons. The van der Waals surface area contributed by atoms with E-state index in [9.17, 15) is 4.79 Å². The molecule has 0 bridgehead atoms. The van der Waals surface area contributed by atoms with Crippen LogP contribution in [-0.4, -0.2) is 47.7 Å². The molecule has 0 radical (unpaired) electrons. The fourth-order valence-electron chi connectivity index (χ4n) is 3.61. The Bertz CT molecular complexity index is 1060. The van der Waals surface area contributed by atoms with Gasteiger partial charge < -0.3 is 19.5 Å². The SMILES string of the molecule is CCN/C(C)=C/C1=C(/C=C(\C)CC)C(=O)N(c2cccc(-c3nnc(C)o3)c2)CCN1C. The highest BCUT2D eigenvalue weighted by molar-refractivity contribution is 6.09. The normalized spacial score (nSPS) is 16.0. The zero-order chi connectivity index (χ0) is 23.3. The third kappa shape index (κ3) is 5.28. The van der Waals surface area contributed by atoms with Gasteiger partial charge in [0.1, 0.15) is 0 Å². The van der Waals surface area contributed by atoms with Crippen LogP contribution in [0.1, 0.15) is 40.0 Å². The lowest BCUT2D eigenvalue weighted by Gasteiger charge is -2.22. The molecule has 1 amide bonds. The lowest BCUT2D eigenvalue weighted by molar-refractivity contribution is -0.114. The predicted molar refractivity (Wildman–Crippen MR) is 128 cm³/mol. The number of hydrogen-bond donors (Lipinski definition) is 1. The van der Waals surface area contributed by atoms with Crippen LogP contribution in [0.5, 0.6) is 0 Å². The van der Waals surface area contributed by atoms with Crippen molar-refractivity contribution in [3.8, 4) is 11.5 Å². The second kappa shape index (κ2) is 10.3. The number of anilines is 1. The van der Waals surface area contributed by atoms with Gasteiger partial charge in [-0.05, 0) is 57.5 Å². The van der Waals surface area contributed by atoms with Crippen LogP contribution in [0.25, 0.3) is 11.5 Å². The van der Waals surface area contributed by atoms with Crippen molar-refractivity contribution in [1.29, 1.82) is 0 Å². The molecule has 1 aliphatic rings. The molecule has 1 aliphatic heterocycles. The lowest BCUT2D eigenvalue weighted by Crippen LogP contribution is -2.34. The van der Waals surface area contributed by atoms with Crippen LogP contribution in [0.4, 0.5) is 5.69 Å². The number of rotatable bonds is 7. The van der Waals surface area contributed by atoms with Crippen molar-refractivity contribution in [1.82, 2.24) is 20.4 Å². The van der Waals surface area contributed by atoms with E-state index in [2.05, 4.69) is 47.3 Å². The largest absolute Gasteiger partial charge is 0.421 e. The highest BCUT2D eigenvalue weighted by Crippen LogP contribution is 2.28. The van der Waals surface area contributed by atoms with E-state index in [4.69, 9.17) is 4.42 Å². The van der Waals surface area contributed by atoms with Crippen LogP contribution >= 0.6 is 0 Å². The molecular weight excluding hydrogens is 402 g/mol. The van der Waals surface area contributed by atoms with E-state index >= 15 is 0 Å². The van der Waals surface area contributed by atoms with Crippen LogP contribution < -0.4 is 10.2 Å². The number of likely N-dealkylation sites (N-methyl/N-ethyl adjacent to an activating group) is 1. The molecule has 0 spiro atoms. The van der Waals surface area contributed by atoms with E-state index in [1.54, 1.807) is 6.92 Å². The average Bonchev–Trinajstić information content (AvgIpc) is 3.18. The molecule has 2 aromatic rings. The van der Waals surface area contributed by atoms with Crippen LogP contribution in [0.3, 0.4) is 0 Å². The van der Waals surface area contributed by atoms with Gasteiger partial charge in [-0.3, -0.25) is 4.79 Å². The molecule has 7 heteroatoms. The van der Waals surface area contributed by atoms with Gasteiger partial charge in [0.2, 0.25) is 11.8 Å². The zero-order valence-electron chi connectivity index (χ0n) is 19.9. The summed E-state index contributed by atoms with van der Waals surface area (Å²) in [5.74, 6) is 0.943. The molecule has 32 heavy (non-hydrogen) atoms. The summed E-state index contributed by atoms with van der Waals surface area (Å²) >= 11 is 0. The van der Waals surface area contributed by atoms with Crippen molar-refractivity contribution in [2.75, 3.05) is 31.6 Å². The van der Waals surface area contributed by atoms with Gasteiger partial charge in [0.05, 0.1) is 11.3 Å². The van der Waals surface area contributed by atoms with Crippen LogP contribution in [0.15, 0.2) is 63.4 Å². The Balaban J connectivity index is 2.08. The van der Waals surface area contributed by atoms with Crippen molar-refractivity contribution in [3.63, 3.8) is 0 Å². The number of hydrogen-bond acceptors (Lipinski definition) is 6. The first-order valence-electron chi connectivity index (χ1n) is 11.1. The minimum Gasteiger partial charge on any atom is -0.421 e. The number of aryl methyl sites for hydroxylation is 1. The van der Waals surface area contributed by atoms with E-state index in [0.29, 0.717) is 30.4 Å². The Hall–Kier alpha value is -3.35. The van der Waals surface area contributed by atoms with Gasteiger partial charge in [0.15, 0.2) is 0 Å². The summed E-state index contributed by atoms with van der Waals surface area (Å²) in [5.41, 5.74) is 5.41. The number of nitrogens with zero attached hydrogens (tertiary/aromatic N) is 4. The van der Waals surface area contributed by atoms with Crippen molar-refractivity contribution >= 4 is 11.6 Å². The number of carbonyl (C=O) groups is 1. The number of amides is 1. The van der Waals surface area contributed by atoms with Gasteiger partial charge in [-0.15, -0.1) is 10.2 Å². The zero-order valence-corrected chi connectivity index (χ0v) is 19.9. The average molecular weight is 436 g/mol. The summed E-state index contributed by atoms with van der Waals surface area (Å²) in [6.07, 6.45) is 4.97. The fourth-order valence-corrected chi connectivity index (χ4v) is 3.61. The van der Waals surface area contributed by atoms with Crippen molar-refractivity contribution in [2.24, 2.45) is 0 Å². The minimum absolute atomic E-state index is 0.0171. The number of aromatic nitrogens is 2. The standard InChI is InChI=1S/C25H33N5O2/c1-7-17(3)14-22-23(15-18(4)26-8-2)29(6)12-13-30(25(22)31)21-11-9-10-20(16-21)24-28-27-19(5)32-24/h9-11,14-16,26H,7-8,12-13H2,1-6H3/b17-14+,18-15+. The molecule has 7 nitrogen and oxygen atoms in total. The van der Waals surface area contributed by atoms with E-state index in [1.807, 2.05) is 49.2 Å². The number of carbonyl (C=O) groups excluding carboxylic acids is 1. The number of allylic oxidation sites excluding steroid dienone is 3. The molecule has 0 unspecified atom stereocenters. The summed E-state index contributed by atoms with van der Waals surface area (Å²) < 4.78 is 5.59. The van der Waals surface area contributed by atoms with Gasteiger partial charge in [0, 0.05) is 50.6 Å². The molecule has 0 saturated heterocycles. The van der Waals surface area contributed by atoms with Gasteiger partial charge in [0.25, 0.3) is 5.91 Å². The molecule has 0 atom stereocenters. The quantitative estimate of drug-likeness (QED) is 0.693. The summed E-state index contributed by atoms with van der Waals surface area (Å²) in [6.45, 7) is 12.1. The maximum atomic E-state index is 13.8. The molecule has 2 heterocycles. The predicted octanol–water partition coefficient (Wildman–Crippen LogP) is 4.45. The van der Waals surface area contributed by atoms with E-state index < -0.39 is 0 Å². The van der Waals surface area contributed by atoms with E-state index in [0.717, 1.165) is 41.2 Å². The maximum absolute atomic E-state index is 13.8. The van der Waals surface area contributed by atoms with Gasteiger partial charge in [-0.1, -0.05) is 18.6 Å². The van der Waals surface area contributed by atoms with Gasteiger partial charge >= 0.3 is 0 Å². The first-order valence-corrected chi connectivity index (χ1v) is 11.1. The van der Waals surface area contributed by atoms with Gasteiger partial charge in [-0.25, -0.2) is 0 Å². The number of benzene rings is 1. The molecule has 1 N–H and O–H groups in total. The third-order valence-electron chi connectivity index (χ3n) is 5.51.